The first-order valence-corrected chi connectivity index (χ1v) is 12.0. The number of thioether (sulfide) groups is 1. The Morgan fingerprint density at radius 1 is 1.15 bits per heavy atom. The van der Waals surface area contributed by atoms with Crippen LogP contribution in [0.25, 0.3) is 17.4 Å². The van der Waals surface area contributed by atoms with Gasteiger partial charge in [0.1, 0.15) is 11.5 Å². The number of nitrogens with zero attached hydrogens (tertiary/aromatic N) is 2. The maximum Gasteiger partial charge on any atom is 0.297 e. The minimum Gasteiger partial charge on any atom is -0.457 e. The lowest BCUT2D eigenvalue weighted by molar-refractivity contribution is -0.384. The maximum absolute atomic E-state index is 13.1. The van der Waals surface area contributed by atoms with Crippen molar-refractivity contribution in [1.82, 2.24) is 0 Å². The van der Waals surface area contributed by atoms with Crippen molar-refractivity contribution in [2.75, 3.05) is 4.90 Å². The smallest absolute Gasteiger partial charge is 0.297 e. The molecule has 1 saturated heterocycles. The van der Waals surface area contributed by atoms with Crippen molar-refractivity contribution in [2.24, 2.45) is 0 Å². The molecule has 2 heterocycles. The molecule has 1 aliphatic heterocycles. The van der Waals surface area contributed by atoms with Crippen molar-refractivity contribution in [3.8, 4) is 11.3 Å². The molecular weight excluding hydrogens is 468 g/mol. The SMILES string of the molecule is Cc1ccc(N2C(=O)C(=Cc3ccc(-c4cccc([N+](=O)[O-])c4)o3)SC2S(=O)(=O)O)c(C)c1. The van der Waals surface area contributed by atoms with Crippen molar-refractivity contribution in [3.63, 3.8) is 0 Å². The first kappa shape index (κ1) is 22.8. The van der Waals surface area contributed by atoms with Gasteiger partial charge in [0.25, 0.3) is 21.7 Å². The van der Waals surface area contributed by atoms with Crippen molar-refractivity contribution in [2.45, 2.75) is 18.6 Å². The minimum absolute atomic E-state index is 0.0672. The van der Waals surface area contributed by atoms with Crippen LogP contribution in [0.4, 0.5) is 11.4 Å². The van der Waals surface area contributed by atoms with Crippen LogP contribution in [0.5, 0.6) is 0 Å². The average Bonchev–Trinajstić information content (AvgIpc) is 3.34. The summed E-state index contributed by atoms with van der Waals surface area (Å²) in [5.74, 6) is 0.00496. The van der Waals surface area contributed by atoms with Gasteiger partial charge < -0.3 is 4.42 Å². The summed E-state index contributed by atoms with van der Waals surface area (Å²) in [6, 6.07) is 14.3. The molecule has 3 aromatic rings. The van der Waals surface area contributed by atoms with E-state index in [-0.39, 0.29) is 16.4 Å². The van der Waals surface area contributed by atoms with Gasteiger partial charge in [0, 0.05) is 29.5 Å². The van der Waals surface area contributed by atoms with Gasteiger partial charge in [-0.1, -0.05) is 41.6 Å². The van der Waals surface area contributed by atoms with Crippen molar-refractivity contribution in [1.29, 1.82) is 0 Å². The lowest BCUT2D eigenvalue weighted by atomic mass is 10.1. The van der Waals surface area contributed by atoms with E-state index < -0.39 is 25.7 Å². The Labute approximate surface area is 193 Å². The van der Waals surface area contributed by atoms with Crippen LogP contribution in [0.1, 0.15) is 16.9 Å². The molecule has 4 rings (SSSR count). The zero-order chi connectivity index (χ0) is 23.9. The number of amides is 1. The van der Waals surface area contributed by atoms with E-state index in [0.717, 1.165) is 10.5 Å². The highest BCUT2D eigenvalue weighted by molar-refractivity contribution is 8.15. The number of benzene rings is 2. The van der Waals surface area contributed by atoms with E-state index in [1.165, 1.54) is 24.3 Å². The van der Waals surface area contributed by atoms with E-state index in [1.54, 1.807) is 37.3 Å². The number of nitro benzene ring substituents is 1. The number of anilines is 1. The van der Waals surface area contributed by atoms with E-state index in [2.05, 4.69) is 0 Å². The first-order valence-electron chi connectivity index (χ1n) is 9.65. The highest BCUT2D eigenvalue weighted by Gasteiger charge is 2.45. The lowest BCUT2D eigenvalue weighted by Crippen LogP contribution is -2.37. The fourth-order valence-corrected chi connectivity index (χ4v) is 5.69. The summed E-state index contributed by atoms with van der Waals surface area (Å²) in [5, 5.41) is 11.0. The van der Waals surface area contributed by atoms with Crippen molar-refractivity contribution in [3.05, 3.63) is 86.5 Å². The molecule has 0 bridgehead atoms. The van der Waals surface area contributed by atoms with E-state index in [9.17, 15) is 27.9 Å². The predicted octanol–water partition coefficient (Wildman–Crippen LogP) is 4.76. The lowest BCUT2D eigenvalue weighted by Gasteiger charge is -2.23. The number of hydrogen-bond acceptors (Lipinski definition) is 7. The summed E-state index contributed by atoms with van der Waals surface area (Å²) in [6.45, 7) is 3.62. The minimum atomic E-state index is -4.60. The number of carbonyl (C=O) groups is 1. The van der Waals surface area contributed by atoms with E-state index in [4.69, 9.17) is 4.42 Å². The van der Waals surface area contributed by atoms with Crippen LogP contribution in [-0.4, -0.2) is 28.5 Å². The van der Waals surface area contributed by atoms with Gasteiger partial charge in [-0.05, 0) is 37.6 Å². The molecule has 33 heavy (non-hydrogen) atoms. The second-order valence-corrected chi connectivity index (χ2v) is 10.3. The molecule has 1 aliphatic rings. The highest BCUT2D eigenvalue weighted by atomic mass is 32.3. The second-order valence-electron chi connectivity index (χ2n) is 7.42. The molecule has 1 fully saturated rings. The molecule has 11 heteroatoms. The van der Waals surface area contributed by atoms with Crippen molar-refractivity contribution < 1.29 is 27.1 Å². The van der Waals surface area contributed by atoms with Crippen LogP contribution < -0.4 is 4.90 Å². The molecule has 9 nitrogen and oxygen atoms in total. The zero-order valence-corrected chi connectivity index (χ0v) is 19.1. The Hall–Kier alpha value is -3.41. The molecule has 0 aliphatic carbocycles. The molecule has 1 amide bonds. The Kier molecular flexibility index (Phi) is 5.87. The van der Waals surface area contributed by atoms with Crippen LogP contribution in [0.15, 0.2) is 63.9 Å². The summed E-state index contributed by atoms with van der Waals surface area (Å²) in [4.78, 5) is 24.8. The molecule has 2 aromatic carbocycles. The van der Waals surface area contributed by atoms with Gasteiger partial charge in [-0.2, -0.15) is 8.42 Å². The third-order valence-corrected chi connectivity index (χ3v) is 7.67. The Balaban J connectivity index is 1.70. The fraction of sp³-hybridized carbons (Fsp3) is 0.136. The van der Waals surface area contributed by atoms with E-state index >= 15 is 0 Å². The van der Waals surface area contributed by atoms with E-state index in [0.29, 0.717) is 34.3 Å². The zero-order valence-electron chi connectivity index (χ0n) is 17.5. The second kappa shape index (κ2) is 8.50. The van der Waals surface area contributed by atoms with Crippen molar-refractivity contribution >= 4 is 45.2 Å². The molecule has 0 spiro atoms. The van der Waals surface area contributed by atoms with Crippen LogP contribution in [0, 0.1) is 24.0 Å². The molecule has 1 unspecified atom stereocenters. The summed E-state index contributed by atoms with van der Waals surface area (Å²) in [5.41, 5.74) is 2.39. The number of nitro groups is 1. The highest BCUT2D eigenvalue weighted by Crippen LogP contribution is 2.43. The number of non-ortho nitro benzene ring substituents is 1. The molecule has 0 radical (unpaired) electrons. The summed E-state index contributed by atoms with van der Waals surface area (Å²) in [7, 11) is -4.60. The van der Waals surface area contributed by atoms with Crippen LogP contribution in [0.3, 0.4) is 0 Å². The number of aryl methyl sites for hydroxylation is 2. The quantitative estimate of drug-likeness (QED) is 0.236. The summed E-state index contributed by atoms with van der Waals surface area (Å²) in [6.07, 6.45) is 1.38. The van der Waals surface area contributed by atoms with Gasteiger partial charge in [-0.25, -0.2) is 0 Å². The molecule has 1 N–H and O–H groups in total. The van der Waals surface area contributed by atoms with Gasteiger partial charge in [0.05, 0.1) is 9.83 Å². The summed E-state index contributed by atoms with van der Waals surface area (Å²) < 4.78 is 38.1. The van der Waals surface area contributed by atoms with Gasteiger partial charge >= 0.3 is 0 Å². The fourth-order valence-electron chi connectivity index (χ4n) is 3.50. The maximum atomic E-state index is 13.1. The molecule has 170 valence electrons. The number of hydrogen-bond donors (Lipinski definition) is 1. The standard InChI is InChI=1S/C22H18N2O7S2/c1-13-6-8-18(14(2)10-13)23-21(25)20(32-22(23)33(28,29)30)12-17-7-9-19(31-17)15-4-3-5-16(11-15)24(26)27/h3-12,22H,1-2H3,(H,28,29,30). The molecular formula is C22H18N2O7S2. The van der Waals surface area contributed by atoms with Gasteiger partial charge in [0.15, 0.2) is 0 Å². The summed E-state index contributed by atoms with van der Waals surface area (Å²) >= 11 is 0.698. The van der Waals surface area contributed by atoms with Gasteiger partial charge in [-0.3, -0.25) is 24.4 Å². The van der Waals surface area contributed by atoms with Crippen LogP contribution in [0.2, 0.25) is 0 Å². The number of rotatable bonds is 5. The Morgan fingerprint density at radius 2 is 1.91 bits per heavy atom. The van der Waals surface area contributed by atoms with Crippen LogP contribution >= 0.6 is 11.8 Å². The molecule has 1 aromatic heterocycles. The first-order chi connectivity index (χ1) is 15.5. The largest absolute Gasteiger partial charge is 0.457 e. The monoisotopic (exact) mass is 486 g/mol. The number of carbonyl (C=O) groups excluding carboxylic acids is 1. The third kappa shape index (κ3) is 4.56. The average molecular weight is 487 g/mol. The van der Waals surface area contributed by atoms with Gasteiger partial charge in [-0.15, -0.1) is 0 Å². The normalized spacial score (nSPS) is 17.7. The predicted molar refractivity (Wildman–Crippen MR) is 125 cm³/mol. The number of furan rings is 1. The molecule has 0 saturated carbocycles. The Bertz CT molecular complexity index is 1410. The topological polar surface area (TPSA) is 131 Å². The van der Waals surface area contributed by atoms with Gasteiger partial charge in [0.2, 0.25) is 4.71 Å². The van der Waals surface area contributed by atoms with E-state index in [1.807, 2.05) is 13.0 Å². The van der Waals surface area contributed by atoms with Crippen LogP contribution in [-0.2, 0) is 14.9 Å². The Morgan fingerprint density at radius 3 is 2.58 bits per heavy atom. The molecule has 1 atom stereocenters. The third-order valence-electron chi connectivity index (χ3n) is 4.98.